The summed E-state index contributed by atoms with van der Waals surface area (Å²) < 4.78 is 1.74. The van der Waals surface area contributed by atoms with E-state index in [1.807, 2.05) is 27.1 Å². The Labute approximate surface area is 108 Å². The van der Waals surface area contributed by atoms with Crippen molar-refractivity contribution in [2.75, 3.05) is 0 Å². The highest BCUT2D eigenvalue weighted by Crippen LogP contribution is 2.47. The van der Waals surface area contributed by atoms with Crippen molar-refractivity contribution in [3.05, 3.63) is 18.0 Å². The zero-order chi connectivity index (χ0) is 13.4. The fourth-order valence-electron chi connectivity index (χ4n) is 2.76. The van der Waals surface area contributed by atoms with Crippen LogP contribution in [0.3, 0.4) is 0 Å². The van der Waals surface area contributed by atoms with Crippen LogP contribution in [0.15, 0.2) is 12.4 Å². The summed E-state index contributed by atoms with van der Waals surface area (Å²) in [6.45, 7) is 3.89. The molecule has 1 aliphatic rings. The molecule has 2 rings (SSSR count). The van der Waals surface area contributed by atoms with Gasteiger partial charge in [-0.1, -0.05) is 13.8 Å². The van der Waals surface area contributed by atoms with Gasteiger partial charge in [-0.15, -0.1) is 0 Å². The van der Waals surface area contributed by atoms with Gasteiger partial charge in [-0.3, -0.25) is 9.48 Å². The molecular weight excluding hydrogens is 226 g/mol. The minimum atomic E-state index is -0.778. The zero-order valence-corrected chi connectivity index (χ0v) is 11.2. The third-order valence-corrected chi connectivity index (χ3v) is 4.04. The summed E-state index contributed by atoms with van der Waals surface area (Å²) in [6.07, 6.45) is 6.59. The molecule has 4 nitrogen and oxygen atoms in total. The molecule has 1 heterocycles. The molecule has 0 N–H and O–H groups in total. The van der Waals surface area contributed by atoms with Gasteiger partial charge < -0.3 is 0 Å². The van der Waals surface area contributed by atoms with E-state index in [0.717, 1.165) is 18.4 Å². The first-order chi connectivity index (χ1) is 8.39. The van der Waals surface area contributed by atoms with Gasteiger partial charge in [-0.05, 0) is 31.2 Å². The predicted molar refractivity (Wildman–Crippen MR) is 67.6 cm³/mol. The van der Waals surface area contributed by atoms with E-state index in [2.05, 4.69) is 11.2 Å². The smallest absolute Gasteiger partial charge is 0.158 e. The monoisotopic (exact) mass is 245 g/mol. The lowest BCUT2D eigenvalue weighted by Gasteiger charge is -2.21. The third kappa shape index (κ3) is 2.05. The Morgan fingerprint density at radius 3 is 2.67 bits per heavy atom. The fraction of sp³-hybridized carbons (Fsp3) is 0.643. The lowest BCUT2D eigenvalue weighted by atomic mass is 9.77. The van der Waals surface area contributed by atoms with Crippen molar-refractivity contribution in [3.8, 4) is 6.07 Å². The summed E-state index contributed by atoms with van der Waals surface area (Å²) in [5.41, 5.74) is -0.0334. The van der Waals surface area contributed by atoms with E-state index in [0.29, 0.717) is 12.8 Å². The predicted octanol–water partition coefficient (Wildman–Crippen LogP) is 2.25. The molecule has 0 radical (unpaired) electrons. The van der Waals surface area contributed by atoms with Crippen LogP contribution in [0.2, 0.25) is 0 Å². The molecule has 0 aliphatic heterocycles. The van der Waals surface area contributed by atoms with E-state index in [9.17, 15) is 10.1 Å². The number of nitrogens with zero attached hydrogens (tertiary/aromatic N) is 3. The number of Topliss-reactive ketones (excluding diaryl/α,β-unsaturated/α-hetero) is 1. The number of carbonyl (C=O) groups is 1. The van der Waals surface area contributed by atoms with E-state index >= 15 is 0 Å². The quantitative estimate of drug-likeness (QED) is 0.820. The first-order valence-corrected chi connectivity index (χ1v) is 6.33. The van der Waals surface area contributed by atoms with Crippen LogP contribution in [0.4, 0.5) is 0 Å². The van der Waals surface area contributed by atoms with Crippen LogP contribution >= 0.6 is 0 Å². The van der Waals surface area contributed by atoms with Crippen molar-refractivity contribution in [2.45, 2.75) is 39.5 Å². The van der Waals surface area contributed by atoms with Gasteiger partial charge in [-0.2, -0.15) is 10.4 Å². The molecule has 0 saturated heterocycles. The average molecular weight is 245 g/mol. The van der Waals surface area contributed by atoms with E-state index in [1.165, 1.54) is 0 Å². The standard InChI is InChI=1S/C14H19N3O/c1-13(2)6-7-14(10-15,12(13)18)5-4-11-8-16-17(3)9-11/h8-9H,4-7H2,1-3H3. The first kappa shape index (κ1) is 12.8. The van der Waals surface area contributed by atoms with Crippen molar-refractivity contribution in [2.24, 2.45) is 17.9 Å². The zero-order valence-electron chi connectivity index (χ0n) is 11.2. The van der Waals surface area contributed by atoms with Gasteiger partial charge >= 0.3 is 0 Å². The van der Waals surface area contributed by atoms with Crippen molar-refractivity contribution >= 4 is 5.78 Å². The van der Waals surface area contributed by atoms with Gasteiger partial charge in [0.1, 0.15) is 5.41 Å². The highest BCUT2D eigenvalue weighted by Gasteiger charge is 2.51. The van der Waals surface area contributed by atoms with Gasteiger partial charge in [0.05, 0.1) is 12.3 Å². The Morgan fingerprint density at radius 1 is 1.50 bits per heavy atom. The molecule has 1 saturated carbocycles. The summed E-state index contributed by atoms with van der Waals surface area (Å²) in [6, 6.07) is 2.28. The van der Waals surface area contributed by atoms with E-state index in [-0.39, 0.29) is 11.2 Å². The molecule has 1 unspecified atom stereocenters. The molecule has 0 aromatic carbocycles. The lowest BCUT2D eigenvalue weighted by Crippen LogP contribution is -2.31. The van der Waals surface area contributed by atoms with Gasteiger partial charge in [0, 0.05) is 18.7 Å². The van der Waals surface area contributed by atoms with Crippen molar-refractivity contribution in [1.29, 1.82) is 5.26 Å². The molecule has 0 amide bonds. The van der Waals surface area contributed by atoms with Gasteiger partial charge in [0.15, 0.2) is 5.78 Å². The van der Waals surface area contributed by atoms with E-state index in [1.54, 1.807) is 10.9 Å². The molecule has 4 heteroatoms. The number of hydrogen-bond donors (Lipinski definition) is 0. The topological polar surface area (TPSA) is 58.7 Å². The number of rotatable bonds is 3. The van der Waals surface area contributed by atoms with Gasteiger partial charge in [0.25, 0.3) is 0 Å². The summed E-state index contributed by atoms with van der Waals surface area (Å²) in [4.78, 5) is 12.4. The minimum Gasteiger partial charge on any atom is -0.297 e. The lowest BCUT2D eigenvalue weighted by molar-refractivity contribution is -0.130. The maximum Gasteiger partial charge on any atom is 0.158 e. The SMILES string of the molecule is Cn1cc(CCC2(C#N)CCC(C)(C)C2=O)cn1. The Kier molecular flexibility index (Phi) is 3.02. The molecule has 0 bridgehead atoms. The Bertz CT molecular complexity index is 509. The van der Waals surface area contributed by atoms with Crippen LogP contribution in [0.5, 0.6) is 0 Å². The van der Waals surface area contributed by atoms with Crippen LogP contribution in [-0.2, 0) is 18.3 Å². The summed E-state index contributed by atoms with van der Waals surface area (Å²) in [5.74, 6) is 0.112. The normalized spacial score (nSPS) is 26.2. The number of carbonyl (C=O) groups excluding carboxylic acids is 1. The second kappa shape index (κ2) is 4.24. The number of aryl methyl sites for hydroxylation is 2. The molecule has 0 spiro atoms. The Balaban J connectivity index is 2.11. The van der Waals surface area contributed by atoms with E-state index in [4.69, 9.17) is 0 Å². The minimum absolute atomic E-state index is 0.112. The maximum atomic E-state index is 12.4. The average Bonchev–Trinajstić information content (AvgIpc) is 2.83. The van der Waals surface area contributed by atoms with Crippen LogP contribution in [-0.4, -0.2) is 15.6 Å². The molecule has 1 aliphatic carbocycles. The fourth-order valence-corrected chi connectivity index (χ4v) is 2.76. The summed E-state index contributed by atoms with van der Waals surface area (Å²) in [7, 11) is 1.87. The summed E-state index contributed by atoms with van der Waals surface area (Å²) >= 11 is 0. The first-order valence-electron chi connectivity index (χ1n) is 6.33. The molecule has 1 aromatic rings. The second-order valence-electron chi connectivity index (χ2n) is 5.93. The van der Waals surface area contributed by atoms with Crippen LogP contribution in [0.1, 0.15) is 38.7 Å². The van der Waals surface area contributed by atoms with Gasteiger partial charge in [0.2, 0.25) is 0 Å². The van der Waals surface area contributed by atoms with Crippen molar-refractivity contribution in [1.82, 2.24) is 9.78 Å². The van der Waals surface area contributed by atoms with Crippen LogP contribution < -0.4 is 0 Å². The number of aromatic nitrogens is 2. The Morgan fingerprint density at radius 2 is 2.22 bits per heavy atom. The molecule has 18 heavy (non-hydrogen) atoms. The van der Waals surface area contributed by atoms with Crippen LogP contribution in [0, 0.1) is 22.2 Å². The number of hydrogen-bond acceptors (Lipinski definition) is 3. The van der Waals surface area contributed by atoms with Crippen molar-refractivity contribution in [3.63, 3.8) is 0 Å². The maximum absolute atomic E-state index is 12.4. The largest absolute Gasteiger partial charge is 0.297 e. The number of ketones is 1. The highest BCUT2D eigenvalue weighted by atomic mass is 16.1. The molecule has 1 fully saturated rings. The highest BCUT2D eigenvalue weighted by molar-refractivity contribution is 5.94. The molecular formula is C14H19N3O. The second-order valence-corrected chi connectivity index (χ2v) is 5.93. The van der Waals surface area contributed by atoms with Gasteiger partial charge in [-0.25, -0.2) is 0 Å². The Hall–Kier alpha value is -1.63. The molecule has 1 atom stereocenters. The van der Waals surface area contributed by atoms with Crippen molar-refractivity contribution < 1.29 is 4.79 Å². The van der Waals surface area contributed by atoms with Crippen LogP contribution in [0.25, 0.3) is 0 Å². The molecule has 96 valence electrons. The number of nitriles is 1. The summed E-state index contributed by atoms with van der Waals surface area (Å²) in [5, 5.41) is 13.5. The third-order valence-electron chi connectivity index (χ3n) is 4.04. The van der Waals surface area contributed by atoms with E-state index < -0.39 is 5.41 Å². The molecule has 1 aromatic heterocycles.